The van der Waals surface area contributed by atoms with Crippen LogP contribution in [-0.2, 0) is 0 Å². The number of benzene rings is 1. The van der Waals surface area contributed by atoms with E-state index in [0.717, 1.165) is 42.8 Å². The van der Waals surface area contributed by atoms with Crippen molar-refractivity contribution in [3.63, 3.8) is 0 Å². The average Bonchev–Trinajstić information content (AvgIpc) is 3.34. The zero-order valence-electron chi connectivity index (χ0n) is 18.6. The van der Waals surface area contributed by atoms with Gasteiger partial charge in [-0.25, -0.2) is 9.97 Å². The summed E-state index contributed by atoms with van der Waals surface area (Å²) in [7, 11) is 1.70. The van der Waals surface area contributed by atoms with E-state index in [1.165, 1.54) is 50.0 Å². The highest BCUT2D eigenvalue weighted by atomic mass is 32.2. The third kappa shape index (κ3) is 6.79. The first-order valence-electron chi connectivity index (χ1n) is 11.5. The Kier molecular flexibility index (Phi) is 8.38. The smallest absolute Gasteiger partial charge is 0.187 e. The predicted molar refractivity (Wildman–Crippen MR) is 129 cm³/mol. The maximum atomic E-state index is 5.23. The molecular weight excluding hydrogens is 404 g/mol. The SMILES string of the molecule is COc1ccc(/C=C/CN2CCCC(c3ccnc(SCCN4CCCC4)n3)C2)cc1. The van der Waals surface area contributed by atoms with Crippen LogP contribution in [0, 0.1) is 0 Å². The van der Waals surface area contributed by atoms with E-state index in [9.17, 15) is 0 Å². The maximum Gasteiger partial charge on any atom is 0.187 e. The van der Waals surface area contributed by atoms with Gasteiger partial charge < -0.3 is 9.64 Å². The molecule has 0 radical (unpaired) electrons. The minimum atomic E-state index is 0.504. The molecule has 1 aromatic carbocycles. The zero-order valence-corrected chi connectivity index (χ0v) is 19.4. The number of hydrogen-bond donors (Lipinski definition) is 0. The Morgan fingerprint density at radius 2 is 1.87 bits per heavy atom. The number of aromatic nitrogens is 2. The van der Waals surface area contributed by atoms with E-state index in [2.05, 4.69) is 45.1 Å². The first-order chi connectivity index (χ1) is 15.3. The minimum absolute atomic E-state index is 0.504. The predicted octanol–water partition coefficient (Wildman–Crippen LogP) is 4.57. The molecule has 1 atom stereocenters. The number of hydrogen-bond acceptors (Lipinski definition) is 6. The summed E-state index contributed by atoms with van der Waals surface area (Å²) in [6, 6.07) is 10.3. The Morgan fingerprint density at radius 3 is 2.68 bits per heavy atom. The van der Waals surface area contributed by atoms with Gasteiger partial charge in [0, 0.05) is 43.2 Å². The quantitative estimate of drug-likeness (QED) is 0.422. The Labute approximate surface area is 190 Å². The second-order valence-electron chi connectivity index (χ2n) is 8.44. The molecule has 2 aliphatic rings. The monoisotopic (exact) mass is 438 g/mol. The summed E-state index contributed by atoms with van der Waals surface area (Å²) < 4.78 is 5.23. The van der Waals surface area contributed by atoms with Crippen molar-refractivity contribution in [2.24, 2.45) is 0 Å². The van der Waals surface area contributed by atoms with Crippen LogP contribution in [0.25, 0.3) is 6.08 Å². The van der Waals surface area contributed by atoms with E-state index in [1.54, 1.807) is 18.9 Å². The summed E-state index contributed by atoms with van der Waals surface area (Å²) in [6.45, 7) is 6.87. The lowest BCUT2D eigenvalue weighted by atomic mass is 9.94. The number of methoxy groups -OCH3 is 1. The van der Waals surface area contributed by atoms with Gasteiger partial charge in [-0.15, -0.1) is 0 Å². The molecule has 0 bridgehead atoms. The van der Waals surface area contributed by atoms with E-state index >= 15 is 0 Å². The molecule has 5 nitrogen and oxygen atoms in total. The van der Waals surface area contributed by atoms with Gasteiger partial charge in [0.05, 0.1) is 7.11 Å². The standard InChI is InChI=1S/C25H34N4OS/c1-30-23-10-8-21(9-11-23)6-4-16-29-17-5-7-22(20-29)24-12-13-26-25(27-24)31-19-18-28-14-2-3-15-28/h4,6,8-13,22H,2-3,5,7,14-20H2,1H3/b6-4+. The van der Waals surface area contributed by atoms with Crippen LogP contribution in [0.2, 0.25) is 0 Å². The first-order valence-corrected chi connectivity index (χ1v) is 12.5. The number of piperidine rings is 1. The molecule has 1 aromatic heterocycles. The topological polar surface area (TPSA) is 41.5 Å². The number of likely N-dealkylation sites (tertiary alicyclic amines) is 2. The van der Waals surface area contributed by atoms with Crippen molar-refractivity contribution in [2.75, 3.05) is 52.1 Å². The van der Waals surface area contributed by atoms with Crippen LogP contribution in [0.5, 0.6) is 5.75 Å². The summed E-state index contributed by atoms with van der Waals surface area (Å²) in [4.78, 5) is 14.5. The Bertz CT molecular complexity index is 836. The molecule has 2 aliphatic heterocycles. The van der Waals surface area contributed by atoms with Crippen LogP contribution in [0.1, 0.15) is 42.9 Å². The number of nitrogens with zero attached hydrogens (tertiary/aromatic N) is 4. The van der Waals surface area contributed by atoms with Gasteiger partial charge in [0.15, 0.2) is 5.16 Å². The van der Waals surface area contributed by atoms with Crippen molar-refractivity contribution in [3.05, 3.63) is 53.9 Å². The Hall–Kier alpha value is -1.89. The second kappa shape index (κ2) is 11.7. The van der Waals surface area contributed by atoms with Crippen LogP contribution < -0.4 is 4.74 Å². The fourth-order valence-corrected chi connectivity index (χ4v) is 5.28. The van der Waals surface area contributed by atoms with Gasteiger partial charge in [-0.05, 0) is 69.1 Å². The summed E-state index contributed by atoms with van der Waals surface area (Å²) in [5, 5.41) is 0.938. The van der Waals surface area contributed by atoms with Crippen LogP contribution in [-0.4, -0.2) is 71.9 Å². The van der Waals surface area contributed by atoms with E-state index in [1.807, 2.05) is 18.3 Å². The molecule has 2 fully saturated rings. The van der Waals surface area contributed by atoms with Crippen LogP contribution >= 0.6 is 11.8 Å². The molecule has 4 rings (SSSR count). The van der Waals surface area contributed by atoms with Gasteiger partial charge in [0.25, 0.3) is 0 Å². The molecular formula is C25H34N4OS. The maximum absolute atomic E-state index is 5.23. The van der Waals surface area contributed by atoms with Gasteiger partial charge in [-0.2, -0.15) is 0 Å². The van der Waals surface area contributed by atoms with Gasteiger partial charge >= 0.3 is 0 Å². The van der Waals surface area contributed by atoms with Crippen molar-refractivity contribution < 1.29 is 4.74 Å². The van der Waals surface area contributed by atoms with E-state index in [0.29, 0.717) is 5.92 Å². The van der Waals surface area contributed by atoms with E-state index < -0.39 is 0 Å². The first kappa shape index (κ1) is 22.3. The van der Waals surface area contributed by atoms with Gasteiger partial charge in [0.2, 0.25) is 0 Å². The van der Waals surface area contributed by atoms with E-state index in [-0.39, 0.29) is 0 Å². The summed E-state index contributed by atoms with van der Waals surface area (Å²) in [5.41, 5.74) is 2.42. The highest BCUT2D eigenvalue weighted by Gasteiger charge is 2.22. The van der Waals surface area contributed by atoms with Crippen molar-refractivity contribution in [3.8, 4) is 5.75 Å². The van der Waals surface area contributed by atoms with E-state index in [4.69, 9.17) is 9.72 Å². The lowest BCUT2D eigenvalue weighted by Gasteiger charge is -2.31. The fraction of sp³-hybridized carbons (Fsp3) is 0.520. The molecule has 0 saturated carbocycles. The molecule has 166 valence electrons. The molecule has 6 heteroatoms. The Morgan fingerprint density at radius 1 is 1.06 bits per heavy atom. The van der Waals surface area contributed by atoms with Crippen LogP contribution in [0.3, 0.4) is 0 Å². The molecule has 2 aromatic rings. The molecule has 2 saturated heterocycles. The number of ether oxygens (including phenoxy) is 1. The third-order valence-electron chi connectivity index (χ3n) is 6.21. The van der Waals surface area contributed by atoms with Gasteiger partial charge in [-0.1, -0.05) is 36.0 Å². The van der Waals surface area contributed by atoms with Crippen molar-refractivity contribution in [1.29, 1.82) is 0 Å². The van der Waals surface area contributed by atoms with Gasteiger partial charge in [0.1, 0.15) is 5.75 Å². The molecule has 3 heterocycles. The zero-order chi connectivity index (χ0) is 21.3. The molecule has 0 spiro atoms. The largest absolute Gasteiger partial charge is 0.497 e. The van der Waals surface area contributed by atoms with Crippen molar-refractivity contribution in [2.45, 2.75) is 36.8 Å². The number of rotatable bonds is 9. The highest BCUT2D eigenvalue weighted by Crippen LogP contribution is 2.27. The molecule has 1 unspecified atom stereocenters. The third-order valence-corrected chi connectivity index (χ3v) is 7.05. The lowest BCUT2D eigenvalue weighted by Crippen LogP contribution is -2.34. The Balaban J connectivity index is 1.26. The lowest BCUT2D eigenvalue weighted by molar-refractivity contribution is 0.226. The molecule has 0 amide bonds. The van der Waals surface area contributed by atoms with Crippen molar-refractivity contribution in [1.82, 2.24) is 19.8 Å². The summed E-state index contributed by atoms with van der Waals surface area (Å²) in [5.74, 6) is 2.48. The highest BCUT2D eigenvalue weighted by molar-refractivity contribution is 7.99. The molecule has 0 aliphatic carbocycles. The van der Waals surface area contributed by atoms with Crippen LogP contribution in [0.15, 0.2) is 47.8 Å². The molecule has 0 N–H and O–H groups in total. The minimum Gasteiger partial charge on any atom is -0.497 e. The summed E-state index contributed by atoms with van der Waals surface area (Å²) >= 11 is 1.80. The fourth-order valence-electron chi connectivity index (χ4n) is 4.44. The average molecular weight is 439 g/mol. The van der Waals surface area contributed by atoms with Crippen LogP contribution in [0.4, 0.5) is 0 Å². The summed E-state index contributed by atoms with van der Waals surface area (Å²) in [6.07, 6.45) is 11.6. The number of thioether (sulfide) groups is 1. The van der Waals surface area contributed by atoms with Gasteiger partial charge in [-0.3, -0.25) is 4.90 Å². The van der Waals surface area contributed by atoms with Crippen molar-refractivity contribution >= 4 is 17.8 Å². The molecule has 31 heavy (non-hydrogen) atoms. The second-order valence-corrected chi connectivity index (χ2v) is 9.50. The normalized spacial score (nSPS) is 20.5.